The number of thiophene rings is 1. The minimum absolute atomic E-state index is 0.130. The molecule has 0 spiro atoms. The molecule has 0 aliphatic carbocycles. The fourth-order valence-electron chi connectivity index (χ4n) is 3.00. The predicted molar refractivity (Wildman–Crippen MR) is 114 cm³/mol. The number of nitrogens with one attached hydrogen (secondary N) is 1. The molecule has 0 radical (unpaired) electrons. The largest absolute Gasteiger partial charge is 0.442 e. The van der Waals surface area contributed by atoms with E-state index in [4.69, 9.17) is 4.74 Å². The second-order valence-corrected chi connectivity index (χ2v) is 8.82. The number of hydrogen-bond donors (Lipinski definition) is 1. The zero-order chi connectivity index (χ0) is 20.4. The van der Waals surface area contributed by atoms with Gasteiger partial charge in [0.15, 0.2) is 0 Å². The van der Waals surface area contributed by atoms with E-state index < -0.39 is 12.2 Å². The Morgan fingerprint density at radius 3 is 2.55 bits per heavy atom. The fraction of sp³-hybridized carbons (Fsp3) is 0.150. The summed E-state index contributed by atoms with van der Waals surface area (Å²) in [4.78, 5) is 38.4. The van der Waals surface area contributed by atoms with Crippen LogP contribution in [0, 0.1) is 0 Å². The molecule has 1 aliphatic rings. The molecule has 2 aromatic heterocycles. The number of carbonyl (C=O) groups is 2. The molecule has 0 bridgehead atoms. The summed E-state index contributed by atoms with van der Waals surface area (Å²) in [5.41, 5.74) is 1.24. The van der Waals surface area contributed by atoms with Gasteiger partial charge in [-0.1, -0.05) is 6.07 Å². The average Bonchev–Trinajstić information content (AvgIpc) is 3.32. The van der Waals surface area contributed by atoms with Crippen molar-refractivity contribution in [3.8, 4) is 5.69 Å². The highest BCUT2D eigenvalue weighted by Crippen LogP contribution is 2.24. The molecule has 1 aliphatic heterocycles. The summed E-state index contributed by atoms with van der Waals surface area (Å²) in [6.07, 6.45) is 0.783. The zero-order valence-electron chi connectivity index (χ0n) is 15.1. The summed E-state index contributed by atoms with van der Waals surface area (Å²) >= 11 is 4.67. The molecule has 29 heavy (non-hydrogen) atoms. The normalized spacial score (nSPS) is 16.0. The Labute approximate surface area is 178 Å². The lowest BCUT2D eigenvalue weighted by Gasteiger charge is -2.14. The molecule has 3 aromatic rings. The van der Waals surface area contributed by atoms with E-state index in [9.17, 15) is 14.4 Å². The summed E-state index contributed by atoms with van der Waals surface area (Å²) in [6.45, 7) is 0.561. The lowest BCUT2D eigenvalue weighted by Crippen LogP contribution is -2.34. The van der Waals surface area contributed by atoms with Crippen LogP contribution in [0.3, 0.4) is 0 Å². The van der Waals surface area contributed by atoms with E-state index in [-0.39, 0.29) is 18.0 Å². The highest BCUT2D eigenvalue weighted by Gasteiger charge is 2.32. The predicted octanol–water partition coefficient (Wildman–Crippen LogP) is 3.42. The number of halogens is 1. The van der Waals surface area contributed by atoms with Crippen molar-refractivity contribution in [1.82, 2.24) is 9.88 Å². The molecule has 1 fully saturated rings. The summed E-state index contributed by atoms with van der Waals surface area (Å²) in [5, 5.41) is 2.79. The SMILES string of the molecule is O=C(NC[C@@H]1CN(c2ccc(-n3ccccc3=O)cc2)C(=O)O1)c1ccc(Br)s1. The molecule has 1 aromatic carbocycles. The van der Waals surface area contributed by atoms with Gasteiger partial charge in [0, 0.05) is 23.6 Å². The van der Waals surface area contributed by atoms with E-state index in [2.05, 4.69) is 21.2 Å². The van der Waals surface area contributed by atoms with Crippen LogP contribution >= 0.6 is 27.3 Å². The van der Waals surface area contributed by atoms with Crippen LogP contribution in [0.1, 0.15) is 9.67 Å². The van der Waals surface area contributed by atoms with Crippen molar-refractivity contribution in [2.75, 3.05) is 18.0 Å². The second-order valence-electron chi connectivity index (χ2n) is 6.36. The summed E-state index contributed by atoms with van der Waals surface area (Å²) in [5.74, 6) is -0.201. The van der Waals surface area contributed by atoms with Crippen LogP contribution in [-0.2, 0) is 4.74 Å². The minimum atomic E-state index is -0.465. The zero-order valence-corrected chi connectivity index (χ0v) is 17.5. The highest BCUT2D eigenvalue weighted by molar-refractivity contribution is 9.11. The number of nitrogens with zero attached hydrogens (tertiary/aromatic N) is 2. The Bertz CT molecular complexity index is 1110. The van der Waals surface area contributed by atoms with Gasteiger partial charge in [-0.15, -0.1) is 11.3 Å². The van der Waals surface area contributed by atoms with Gasteiger partial charge in [-0.2, -0.15) is 0 Å². The number of cyclic esters (lactones) is 1. The maximum atomic E-state index is 12.2. The number of amides is 2. The van der Waals surface area contributed by atoms with E-state index in [0.717, 1.165) is 3.79 Å². The minimum Gasteiger partial charge on any atom is -0.442 e. The van der Waals surface area contributed by atoms with Gasteiger partial charge in [0.25, 0.3) is 11.5 Å². The van der Waals surface area contributed by atoms with Gasteiger partial charge in [0.2, 0.25) is 0 Å². The van der Waals surface area contributed by atoms with Crippen molar-refractivity contribution < 1.29 is 14.3 Å². The first-order valence-electron chi connectivity index (χ1n) is 8.81. The van der Waals surface area contributed by atoms with E-state index in [1.165, 1.54) is 26.9 Å². The van der Waals surface area contributed by atoms with Crippen LogP contribution in [-0.4, -0.2) is 35.8 Å². The molecular formula is C20H16BrN3O4S. The third-order valence-electron chi connectivity index (χ3n) is 4.42. The molecule has 0 unspecified atom stereocenters. The molecular weight excluding hydrogens is 458 g/mol. The molecule has 2 amide bonds. The first-order valence-corrected chi connectivity index (χ1v) is 10.4. The van der Waals surface area contributed by atoms with Crippen LogP contribution in [0.2, 0.25) is 0 Å². The van der Waals surface area contributed by atoms with Crippen LogP contribution in [0.4, 0.5) is 10.5 Å². The van der Waals surface area contributed by atoms with Crippen LogP contribution in [0.15, 0.2) is 69.4 Å². The highest BCUT2D eigenvalue weighted by atomic mass is 79.9. The smallest absolute Gasteiger partial charge is 0.414 e. The molecule has 7 nitrogen and oxygen atoms in total. The standard InChI is InChI=1S/C20H16BrN3O4S/c21-17-9-8-16(29-17)19(26)22-11-15-12-24(20(27)28-15)14-6-4-13(5-7-14)23-10-2-1-3-18(23)25/h1-10,15H,11-12H2,(H,22,26)/t15-/m1/s1. The summed E-state index contributed by atoms with van der Waals surface area (Å²) in [6, 6.07) is 15.6. The topological polar surface area (TPSA) is 80.6 Å². The lowest BCUT2D eigenvalue weighted by atomic mass is 10.2. The molecule has 9 heteroatoms. The van der Waals surface area contributed by atoms with Gasteiger partial charge in [-0.25, -0.2) is 4.79 Å². The maximum absolute atomic E-state index is 12.2. The van der Waals surface area contributed by atoms with Gasteiger partial charge in [0.1, 0.15) is 6.10 Å². The van der Waals surface area contributed by atoms with Crippen molar-refractivity contribution in [3.05, 3.63) is 79.8 Å². The molecule has 148 valence electrons. The average molecular weight is 474 g/mol. The quantitative estimate of drug-likeness (QED) is 0.615. The Morgan fingerprint density at radius 2 is 1.86 bits per heavy atom. The third-order valence-corrected chi connectivity index (χ3v) is 6.05. The number of anilines is 1. The van der Waals surface area contributed by atoms with Crippen LogP contribution in [0.5, 0.6) is 0 Å². The van der Waals surface area contributed by atoms with Crippen LogP contribution < -0.4 is 15.8 Å². The maximum Gasteiger partial charge on any atom is 0.414 e. The first-order chi connectivity index (χ1) is 14.0. The van der Waals surface area contributed by atoms with E-state index in [0.29, 0.717) is 22.8 Å². The van der Waals surface area contributed by atoms with Gasteiger partial charge in [0.05, 0.1) is 21.8 Å². The molecule has 1 atom stereocenters. The summed E-state index contributed by atoms with van der Waals surface area (Å²) in [7, 11) is 0. The number of pyridine rings is 1. The van der Waals surface area contributed by atoms with Crippen molar-refractivity contribution in [2.45, 2.75) is 6.10 Å². The van der Waals surface area contributed by atoms with Gasteiger partial charge in [-0.3, -0.25) is 19.1 Å². The second kappa shape index (κ2) is 8.22. The first kappa shape index (κ1) is 19.4. The monoisotopic (exact) mass is 473 g/mol. The number of aromatic nitrogens is 1. The van der Waals surface area contributed by atoms with Crippen molar-refractivity contribution in [3.63, 3.8) is 0 Å². The molecule has 1 N–H and O–H groups in total. The fourth-order valence-corrected chi connectivity index (χ4v) is 4.30. The van der Waals surface area contributed by atoms with Crippen molar-refractivity contribution >= 4 is 45.0 Å². The van der Waals surface area contributed by atoms with Crippen LogP contribution in [0.25, 0.3) is 5.69 Å². The van der Waals surface area contributed by atoms with E-state index >= 15 is 0 Å². The Morgan fingerprint density at radius 1 is 1.10 bits per heavy atom. The molecule has 0 saturated carbocycles. The molecule has 1 saturated heterocycles. The van der Waals surface area contributed by atoms with Gasteiger partial charge in [-0.05, 0) is 58.4 Å². The third kappa shape index (κ3) is 4.25. The van der Waals surface area contributed by atoms with E-state index in [1.54, 1.807) is 48.7 Å². The van der Waals surface area contributed by atoms with Crippen molar-refractivity contribution in [1.29, 1.82) is 0 Å². The Balaban J connectivity index is 1.39. The number of ether oxygens (including phenoxy) is 1. The number of hydrogen-bond acceptors (Lipinski definition) is 5. The number of benzene rings is 1. The summed E-state index contributed by atoms with van der Waals surface area (Å²) < 4.78 is 7.76. The van der Waals surface area contributed by atoms with Gasteiger partial charge < -0.3 is 10.1 Å². The van der Waals surface area contributed by atoms with E-state index in [1.807, 2.05) is 6.07 Å². The lowest BCUT2D eigenvalue weighted by molar-refractivity contribution is 0.0920. The van der Waals surface area contributed by atoms with Gasteiger partial charge >= 0.3 is 6.09 Å². The Hall–Kier alpha value is -2.91. The number of carbonyl (C=O) groups excluding carboxylic acids is 2. The number of rotatable bonds is 5. The molecule has 3 heterocycles. The molecule has 4 rings (SSSR count). The van der Waals surface area contributed by atoms with Crippen molar-refractivity contribution in [2.24, 2.45) is 0 Å². The Kier molecular flexibility index (Phi) is 5.50.